The summed E-state index contributed by atoms with van der Waals surface area (Å²) in [5.74, 6) is 0.792. The second-order valence-corrected chi connectivity index (χ2v) is 7.06. The molecule has 1 saturated carbocycles. The quantitative estimate of drug-likeness (QED) is 0.845. The molecule has 124 valence electrons. The number of rotatable bonds is 4. The Morgan fingerprint density at radius 3 is 3.13 bits per heavy atom. The molecule has 1 aromatic rings. The molecule has 4 rings (SSSR count). The summed E-state index contributed by atoms with van der Waals surface area (Å²) >= 11 is 0. The van der Waals surface area contributed by atoms with Crippen LogP contribution in [-0.2, 0) is 9.47 Å². The van der Waals surface area contributed by atoms with Crippen LogP contribution in [0, 0.1) is 5.92 Å². The van der Waals surface area contributed by atoms with Gasteiger partial charge in [-0.15, -0.1) is 0 Å². The number of hydrogen-bond donors (Lipinski definition) is 0. The molecule has 2 saturated heterocycles. The van der Waals surface area contributed by atoms with Crippen LogP contribution in [0.4, 0.5) is 0 Å². The molecule has 2 atom stereocenters. The predicted octanol–water partition coefficient (Wildman–Crippen LogP) is 1.67. The van der Waals surface area contributed by atoms with Gasteiger partial charge in [-0.25, -0.2) is 0 Å². The Balaban J connectivity index is 1.37. The smallest absolute Gasteiger partial charge is 0.255 e. The van der Waals surface area contributed by atoms with E-state index in [9.17, 15) is 4.79 Å². The summed E-state index contributed by atoms with van der Waals surface area (Å²) in [6, 6.07) is 1.72. The van der Waals surface area contributed by atoms with Crippen molar-refractivity contribution >= 4 is 5.91 Å². The van der Waals surface area contributed by atoms with Gasteiger partial charge in [0.05, 0.1) is 42.8 Å². The zero-order valence-corrected chi connectivity index (χ0v) is 13.3. The normalized spacial score (nSPS) is 30.8. The van der Waals surface area contributed by atoms with E-state index < -0.39 is 0 Å². The highest BCUT2D eigenvalue weighted by Crippen LogP contribution is 2.37. The first-order valence-corrected chi connectivity index (χ1v) is 8.56. The number of carbonyl (C=O) groups excluding carboxylic acids is 1. The maximum Gasteiger partial charge on any atom is 0.255 e. The average molecular weight is 317 g/mol. The van der Waals surface area contributed by atoms with Crippen molar-refractivity contribution < 1.29 is 14.3 Å². The lowest BCUT2D eigenvalue weighted by atomic mass is 9.89. The fourth-order valence-electron chi connectivity index (χ4n) is 3.62. The van der Waals surface area contributed by atoms with Gasteiger partial charge >= 0.3 is 0 Å². The van der Waals surface area contributed by atoms with Crippen LogP contribution in [0.5, 0.6) is 0 Å². The monoisotopic (exact) mass is 317 g/mol. The Morgan fingerprint density at radius 1 is 1.43 bits per heavy atom. The van der Waals surface area contributed by atoms with E-state index in [0.717, 1.165) is 38.3 Å². The van der Waals surface area contributed by atoms with Crippen LogP contribution < -0.4 is 0 Å². The van der Waals surface area contributed by atoms with Gasteiger partial charge < -0.3 is 14.4 Å². The number of hydrogen-bond acceptors (Lipinski definition) is 5. The molecule has 0 aromatic carbocycles. The van der Waals surface area contributed by atoms with Gasteiger partial charge in [0.25, 0.3) is 5.91 Å². The van der Waals surface area contributed by atoms with Crippen LogP contribution in [0.15, 0.2) is 18.5 Å². The van der Waals surface area contributed by atoms with Crippen molar-refractivity contribution in [2.75, 3.05) is 26.3 Å². The van der Waals surface area contributed by atoms with Gasteiger partial charge in [0, 0.05) is 19.6 Å². The molecule has 23 heavy (non-hydrogen) atoms. The zero-order valence-electron chi connectivity index (χ0n) is 13.3. The maximum absolute atomic E-state index is 12.6. The fraction of sp³-hybridized carbons (Fsp3) is 0.706. The molecule has 3 aliphatic rings. The van der Waals surface area contributed by atoms with Crippen molar-refractivity contribution in [1.82, 2.24) is 15.1 Å². The zero-order chi connectivity index (χ0) is 15.7. The Kier molecular flexibility index (Phi) is 4.03. The van der Waals surface area contributed by atoms with Crippen LogP contribution in [0.2, 0.25) is 0 Å². The van der Waals surface area contributed by atoms with Crippen molar-refractivity contribution in [2.45, 2.75) is 43.8 Å². The summed E-state index contributed by atoms with van der Waals surface area (Å²) in [5, 5.41) is 7.53. The van der Waals surface area contributed by atoms with Crippen molar-refractivity contribution in [3.05, 3.63) is 24.0 Å². The number of aromatic nitrogens is 2. The molecule has 0 N–H and O–H groups in total. The van der Waals surface area contributed by atoms with Gasteiger partial charge in [-0.3, -0.25) is 4.79 Å². The topological polar surface area (TPSA) is 64.6 Å². The third kappa shape index (κ3) is 3.38. The Hall–Kier alpha value is -1.53. The number of ether oxygens (including phenoxy) is 2. The van der Waals surface area contributed by atoms with E-state index in [2.05, 4.69) is 10.2 Å². The number of carbonyl (C=O) groups is 1. The SMILES string of the molecule is O=C(c1ccnnc1)N1CCC[C@]2(C[C@@H](OCC3CC3)CO2)C1. The number of likely N-dealkylation sites (tertiary alicyclic amines) is 1. The Bertz CT molecular complexity index is 563. The molecular formula is C17H23N3O3. The van der Waals surface area contributed by atoms with Crippen molar-refractivity contribution in [3.8, 4) is 0 Å². The molecule has 6 nitrogen and oxygen atoms in total. The van der Waals surface area contributed by atoms with E-state index in [1.165, 1.54) is 19.0 Å². The molecule has 1 spiro atoms. The van der Waals surface area contributed by atoms with Crippen LogP contribution in [-0.4, -0.2) is 59.0 Å². The largest absolute Gasteiger partial charge is 0.375 e. The van der Waals surface area contributed by atoms with E-state index in [-0.39, 0.29) is 17.6 Å². The highest BCUT2D eigenvalue weighted by molar-refractivity contribution is 5.93. The molecule has 0 unspecified atom stereocenters. The molecule has 2 aliphatic heterocycles. The van der Waals surface area contributed by atoms with Crippen molar-refractivity contribution in [3.63, 3.8) is 0 Å². The predicted molar refractivity (Wildman–Crippen MR) is 82.9 cm³/mol. The highest BCUT2D eigenvalue weighted by atomic mass is 16.6. The summed E-state index contributed by atoms with van der Waals surface area (Å²) in [6.07, 6.45) is 8.77. The van der Waals surface area contributed by atoms with E-state index in [0.29, 0.717) is 18.7 Å². The summed E-state index contributed by atoms with van der Waals surface area (Å²) < 4.78 is 12.1. The van der Waals surface area contributed by atoms with Gasteiger partial charge in [-0.2, -0.15) is 10.2 Å². The van der Waals surface area contributed by atoms with Gasteiger partial charge in [-0.05, 0) is 37.7 Å². The second kappa shape index (κ2) is 6.17. The molecule has 1 aromatic heterocycles. The minimum atomic E-state index is -0.220. The van der Waals surface area contributed by atoms with E-state index >= 15 is 0 Å². The third-order valence-corrected chi connectivity index (χ3v) is 5.10. The molecule has 1 aliphatic carbocycles. The van der Waals surface area contributed by atoms with Crippen LogP contribution in [0.3, 0.4) is 0 Å². The number of amides is 1. The fourth-order valence-corrected chi connectivity index (χ4v) is 3.62. The molecule has 1 amide bonds. The van der Waals surface area contributed by atoms with Crippen LogP contribution in [0.1, 0.15) is 42.5 Å². The summed E-state index contributed by atoms with van der Waals surface area (Å²) in [5.41, 5.74) is 0.374. The average Bonchev–Trinajstić information content (AvgIpc) is 3.35. The summed E-state index contributed by atoms with van der Waals surface area (Å²) in [4.78, 5) is 14.5. The summed E-state index contributed by atoms with van der Waals surface area (Å²) in [6.45, 7) is 2.96. The van der Waals surface area contributed by atoms with Crippen LogP contribution >= 0.6 is 0 Å². The first-order valence-electron chi connectivity index (χ1n) is 8.56. The minimum Gasteiger partial charge on any atom is -0.375 e. The van der Waals surface area contributed by atoms with Crippen molar-refractivity contribution in [2.24, 2.45) is 5.92 Å². The third-order valence-electron chi connectivity index (χ3n) is 5.10. The van der Waals surface area contributed by atoms with Gasteiger partial charge in [0.2, 0.25) is 0 Å². The standard InChI is InChI=1S/C17H23N3O3/c21-16(14-4-6-18-19-9-14)20-7-1-5-17(12-20)8-15(11-23-17)22-10-13-2-3-13/h4,6,9,13,15H,1-3,5,7-8,10-12H2/t15-,17+/m1/s1. The summed E-state index contributed by atoms with van der Waals surface area (Å²) in [7, 11) is 0. The number of nitrogens with zero attached hydrogens (tertiary/aromatic N) is 3. The van der Waals surface area contributed by atoms with E-state index in [1.54, 1.807) is 12.3 Å². The Morgan fingerprint density at radius 2 is 2.35 bits per heavy atom. The lowest BCUT2D eigenvalue weighted by molar-refractivity contribution is -0.0465. The van der Waals surface area contributed by atoms with Gasteiger partial charge in [-0.1, -0.05) is 0 Å². The molecule has 3 fully saturated rings. The molecule has 0 radical (unpaired) electrons. The highest BCUT2D eigenvalue weighted by Gasteiger charge is 2.45. The van der Waals surface area contributed by atoms with Crippen molar-refractivity contribution in [1.29, 1.82) is 0 Å². The minimum absolute atomic E-state index is 0.0184. The second-order valence-electron chi connectivity index (χ2n) is 7.06. The van der Waals surface area contributed by atoms with E-state index in [4.69, 9.17) is 9.47 Å². The lowest BCUT2D eigenvalue weighted by Crippen LogP contribution is -2.50. The molecule has 0 bridgehead atoms. The maximum atomic E-state index is 12.6. The molecular weight excluding hydrogens is 294 g/mol. The van der Waals surface area contributed by atoms with Gasteiger partial charge in [0.1, 0.15) is 0 Å². The van der Waals surface area contributed by atoms with Crippen LogP contribution in [0.25, 0.3) is 0 Å². The lowest BCUT2D eigenvalue weighted by Gasteiger charge is -2.39. The Labute approximate surface area is 136 Å². The molecule has 6 heteroatoms. The van der Waals surface area contributed by atoms with Gasteiger partial charge in [0.15, 0.2) is 0 Å². The first kappa shape index (κ1) is 15.0. The molecule has 3 heterocycles. The van der Waals surface area contributed by atoms with E-state index in [1.807, 2.05) is 4.90 Å². The first-order chi connectivity index (χ1) is 11.2. The number of piperidine rings is 1.